The van der Waals surface area contributed by atoms with Gasteiger partial charge in [-0.2, -0.15) is 11.8 Å². The van der Waals surface area contributed by atoms with E-state index < -0.39 is 0 Å². The van der Waals surface area contributed by atoms with Crippen molar-refractivity contribution in [1.82, 2.24) is 9.97 Å². The summed E-state index contributed by atoms with van der Waals surface area (Å²) in [4.78, 5) is 9.60. The van der Waals surface area contributed by atoms with Crippen LogP contribution in [0.25, 0.3) is 0 Å². The maximum absolute atomic E-state index is 6.24. The number of nitrogens with two attached hydrogens (primary N) is 1. The first kappa shape index (κ1) is 14.7. The molecule has 5 heteroatoms. The summed E-state index contributed by atoms with van der Waals surface area (Å²) in [5.41, 5.74) is 8.64. The molecule has 1 aliphatic carbocycles. The lowest BCUT2D eigenvalue weighted by molar-refractivity contribution is 0.613. The van der Waals surface area contributed by atoms with Crippen LogP contribution in [0.4, 0.5) is 0 Å². The number of hydrogen-bond donors (Lipinski definition) is 1. The Balaban J connectivity index is 1.89. The van der Waals surface area contributed by atoms with Crippen LogP contribution < -0.4 is 5.73 Å². The third kappa shape index (κ3) is 3.00. The number of rotatable bonds is 2. The van der Waals surface area contributed by atoms with Crippen LogP contribution >= 0.6 is 23.5 Å². The van der Waals surface area contributed by atoms with Gasteiger partial charge < -0.3 is 5.73 Å². The van der Waals surface area contributed by atoms with E-state index in [2.05, 4.69) is 23.7 Å². The molecule has 2 N–H and O–H groups in total. The summed E-state index contributed by atoms with van der Waals surface area (Å²) in [7, 11) is 0. The molecule has 0 bridgehead atoms. The van der Waals surface area contributed by atoms with E-state index in [1.54, 1.807) is 0 Å². The maximum atomic E-state index is 6.24. The molecule has 0 aromatic carbocycles. The summed E-state index contributed by atoms with van der Waals surface area (Å²) in [5.74, 6) is 3.52. The number of hydrogen-bond acceptors (Lipinski definition) is 5. The normalized spacial score (nSPS) is 30.6. The highest BCUT2D eigenvalue weighted by molar-refractivity contribution is 8.06. The van der Waals surface area contributed by atoms with E-state index in [4.69, 9.17) is 10.7 Å². The second kappa shape index (κ2) is 6.67. The van der Waals surface area contributed by atoms with Gasteiger partial charge in [-0.3, -0.25) is 0 Å². The molecule has 110 valence electrons. The van der Waals surface area contributed by atoms with Crippen molar-refractivity contribution in [3.63, 3.8) is 0 Å². The smallest absolute Gasteiger partial charge is 0.142 e. The predicted octanol–water partition coefficient (Wildman–Crippen LogP) is 3.50. The standard InChI is InChI=1S/C15H23N3S2/c1-2-13-14(20-8-7-19-13)15-17-9-10-11(16)5-3-4-6-12(10)18-15/h9,11,13-14H,2-8,16H2,1H3. The van der Waals surface area contributed by atoms with Crippen molar-refractivity contribution in [1.29, 1.82) is 0 Å². The van der Waals surface area contributed by atoms with E-state index in [0.29, 0.717) is 10.5 Å². The van der Waals surface area contributed by atoms with Crippen LogP contribution in [0, 0.1) is 0 Å². The fourth-order valence-electron chi connectivity index (χ4n) is 3.04. The van der Waals surface area contributed by atoms with Gasteiger partial charge in [-0.1, -0.05) is 13.3 Å². The highest BCUT2D eigenvalue weighted by Gasteiger charge is 2.29. The van der Waals surface area contributed by atoms with Crippen LogP contribution in [-0.2, 0) is 6.42 Å². The fourth-order valence-corrected chi connectivity index (χ4v) is 6.04. The van der Waals surface area contributed by atoms with Gasteiger partial charge in [-0.15, -0.1) is 11.8 Å². The van der Waals surface area contributed by atoms with Gasteiger partial charge in [0.15, 0.2) is 0 Å². The second-order valence-corrected chi connectivity index (χ2v) is 8.19. The minimum atomic E-state index is 0.136. The molecule has 3 rings (SSSR count). The van der Waals surface area contributed by atoms with Gasteiger partial charge in [-0.05, 0) is 25.7 Å². The van der Waals surface area contributed by atoms with E-state index in [1.807, 2.05) is 18.0 Å². The van der Waals surface area contributed by atoms with Gasteiger partial charge in [0.05, 0.1) is 5.25 Å². The molecule has 1 fully saturated rings. The Morgan fingerprint density at radius 2 is 2.15 bits per heavy atom. The molecule has 3 nitrogen and oxygen atoms in total. The first-order valence-electron chi connectivity index (χ1n) is 7.64. The lowest BCUT2D eigenvalue weighted by Gasteiger charge is -2.29. The molecule has 1 aromatic rings. The summed E-state index contributed by atoms with van der Waals surface area (Å²) in [6.45, 7) is 2.27. The van der Waals surface area contributed by atoms with E-state index in [1.165, 1.54) is 42.0 Å². The number of thioether (sulfide) groups is 2. The fraction of sp³-hybridized carbons (Fsp3) is 0.733. The average molecular weight is 310 g/mol. The zero-order chi connectivity index (χ0) is 13.9. The highest BCUT2D eigenvalue weighted by Crippen LogP contribution is 2.43. The Labute approximate surface area is 129 Å². The molecule has 0 saturated carbocycles. The number of aryl methyl sites for hydroxylation is 1. The van der Waals surface area contributed by atoms with Crippen LogP contribution in [-0.4, -0.2) is 26.7 Å². The van der Waals surface area contributed by atoms with Gasteiger partial charge in [0, 0.05) is 40.3 Å². The van der Waals surface area contributed by atoms with Crippen LogP contribution in [0.15, 0.2) is 6.20 Å². The molecule has 0 amide bonds. The minimum Gasteiger partial charge on any atom is -0.324 e. The number of fused-ring (bicyclic) bond motifs is 1. The summed E-state index contributed by atoms with van der Waals surface area (Å²) >= 11 is 4.11. The molecular weight excluding hydrogens is 286 g/mol. The van der Waals surface area contributed by atoms with E-state index >= 15 is 0 Å². The van der Waals surface area contributed by atoms with Crippen LogP contribution in [0.1, 0.15) is 61.0 Å². The Morgan fingerprint density at radius 3 is 3.00 bits per heavy atom. The van der Waals surface area contributed by atoms with Gasteiger partial charge >= 0.3 is 0 Å². The van der Waals surface area contributed by atoms with Crippen LogP contribution in [0.3, 0.4) is 0 Å². The molecule has 2 aliphatic rings. The highest BCUT2D eigenvalue weighted by atomic mass is 32.2. The molecule has 1 aliphatic heterocycles. The first-order valence-corrected chi connectivity index (χ1v) is 9.74. The third-order valence-electron chi connectivity index (χ3n) is 4.20. The van der Waals surface area contributed by atoms with Crippen molar-refractivity contribution in [2.45, 2.75) is 55.6 Å². The first-order chi connectivity index (χ1) is 9.79. The average Bonchev–Trinajstić information content (AvgIpc) is 2.68. The monoisotopic (exact) mass is 309 g/mol. The van der Waals surface area contributed by atoms with Crippen molar-refractivity contribution >= 4 is 23.5 Å². The van der Waals surface area contributed by atoms with Crippen molar-refractivity contribution in [2.24, 2.45) is 5.73 Å². The summed E-state index contributed by atoms with van der Waals surface area (Å²) < 4.78 is 0. The molecule has 3 unspecified atom stereocenters. The molecule has 20 heavy (non-hydrogen) atoms. The lowest BCUT2D eigenvalue weighted by atomic mass is 10.1. The largest absolute Gasteiger partial charge is 0.324 e. The molecule has 1 saturated heterocycles. The van der Waals surface area contributed by atoms with Gasteiger partial charge in [0.1, 0.15) is 5.82 Å². The quantitative estimate of drug-likeness (QED) is 0.847. The molecular formula is C15H23N3S2. The molecule has 0 radical (unpaired) electrons. The van der Waals surface area contributed by atoms with E-state index in [-0.39, 0.29) is 6.04 Å². The van der Waals surface area contributed by atoms with Gasteiger partial charge in [-0.25, -0.2) is 9.97 Å². The molecule has 2 heterocycles. The SMILES string of the molecule is CCC1SCCSC1c1ncc2c(n1)CCCCC2N. The van der Waals surface area contributed by atoms with Crippen molar-refractivity contribution in [3.05, 3.63) is 23.3 Å². The second-order valence-electron chi connectivity index (χ2n) is 5.59. The molecule has 0 spiro atoms. The topological polar surface area (TPSA) is 51.8 Å². The minimum absolute atomic E-state index is 0.136. The van der Waals surface area contributed by atoms with Crippen molar-refractivity contribution in [3.8, 4) is 0 Å². The van der Waals surface area contributed by atoms with Gasteiger partial charge in [0.2, 0.25) is 0 Å². The maximum Gasteiger partial charge on any atom is 0.142 e. The van der Waals surface area contributed by atoms with E-state index in [9.17, 15) is 0 Å². The van der Waals surface area contributed by atoms with Crippen molar-refractivity contribution in [2.75, 3.05) is 11.5 Å². The Hall–Kier alpha value is -0.260. The number of nitrogens with zero attached hydrogens (tertiary/aromatic N) is 2. The van der Waals surface area contributed by atoms with Gasteiger partial charge in [0.25, 0.3) is 0 Å². The summed E-state index contributed by atoms with van der Waals surface area (Å²) in [6.07, 6.45) is 7.77. The number of aromatic nitrogens is 2. The Kier molecular flexibility index (Phi) is 4.89. The Bertz CT molecular complexity index is 466. The summed E-state index contributed by atoms with van der Waals surface area (Å²) in [6, 6.07) is 0.136. The summed E-state index contributed by atoms with van der Waals surface area (Å²) in [5, 5.41) is 1.12. The molecule has 3 atom stereocenters. The third-order valence-corrected chi connectivity index (χ3v) is 7.45. The zero-order valence-corrected chi connectivity index (χ0v) is 13.7. The lowest BCUT2D eigenvalue weighted by Crippen LogP contribution is -2.22. The predicted molar refractivity (Wildman–Crippen MR) is 88.3 cm³/mol. The van der Waals surface area contributed by atoms with Crippen molar-refractivity contribution < 1.29 is 0 Å². The van der Waals surface area contributed by atoms with Crippen LogP contribution in [0.2, 0.25) is 0 Å². The molecule has 1 aromatic heterocycles. The van der Waals surface area contributed by atoms with E-state index in [0.717, 1.165) is 18.7 Å². The van der Waals surface area contributed by atoms with Crippen LogP contribution in [0.5, 0.6) is 0 Å². The Morgan fingerprint density at radius 1 is 1.30 bits per heavy atom. The zero-order valence-electron chi connectivity index (χ0n) is 12.0.